The Morgan fingerprint density at radius 3 is 2.59 bits per heavy atom. The molecule has 1 fully saturated rings. The molecule has 0 radical (unpaired) electrons. The zero-order valence-electron chi connectivity index (χ0n) is 15.7. The Kier molecular flexibility index (Phi) is 7.27. The van der Waals surface area contributed by atoms with Crippen LogP contribution in [-0.4, -0.2) is 36.5 Å². The zero-order chi connectivity index (χ0) is 19.1. The number of nitrogens with zero attached hydrogens (tertiary/aromatic N) is 1. The van der Waals surface area contributed by atoms with Crippen LogP contribution in [0.2, 0.25) is 5.02 Å². The predicted molar refractivity (Wildman–Crippen MR) is 109 cm³/mol. The van der Waals surface area contributed by atoms with Crippen LogP contribution in [0.1, 0.15) is 36.9 Å². The Balaban J connectivity index is 1.56. The van der Waals surface area contributed by atoms with Crippen LogP contribution in [0.4, 0.5) is 0 Å². The van der Waals surface area contributed by atoms with Crippen molar-refractivity contribution in [2.75, 3.05) is 19.6 Å². The highest BCUT2D eigenvalue weighted by atomic mass is 35.5. The SMILES string of the molecule is C[C@@H](OCc1ccccc1)C(=O)NC[C@@H](c1cccc(Cl)c1)N1CCCC1. The highest BCUT2D eigenvalue weighted by Gasteiger charge is 2.25. The topological polar surface area (TPSA) is 41.6 Å². The Morgan fingerprint density at radius 2 is 1.89 bits per heavy atom. The molecule has 1 aliphatic rings. The second-order valence-corrected chi connectivity index (χ2v) is 7.43. The van der Waals surface area contributed by atoms with Crippen LogP contribution in [0.5, 0.6) is 0 Å². The van der Waals surface area contributed by atoms with Gasteiger partial charge in [0.15, 0.2) is 0 Å². The normalized spacial score (nSPS) is 16.8. The van der Waals surface area contributed by atoms with Gasteiger partial charge in [0.2, 0.25) is 5.91 Å². The summed E-state index contributed by atoms with van der Waals surface area (Å²) in [6, 6.07) is 17.9. The number of ether oxygens (including phenoxy) is 1. The van der Waals surface area contributed by atoms with Gasteiger partial charge >= 0.3 is 0 Å². The van der Waals surface area contributed by atoms with E-state index in [1.807, 2.05) is 48.5 Å². The van der Waals surface area contributed by atoms with Crippen LogP contribution >= 0.6 is 11.6 Å². The minimum Gasteiger partial charge on any atom is -0.364 e. The molecule has 1 heterocycles. The Bertz CT molecular complexity index is 732. The minimum absolute atomic E-state index is 0.0860. The molecule has 2 aromatic carbocycles. The monoisotopic (exact) mass is 386 g/mol. The lowest BCUT2D eigenvalue weighted by atomic mass is 10.1. The van der Waals surface area contributed by atoms with Crippen molar-refractivity contribution in [2.24, 2.45) is 0 Å². The Morgan fingerprint density at radius 1 is 1.15 bits per heavy atom. The highest BCUT2D eigenvalue weighted by Crippen LogP contribution is 2.26. The van der Waals surface area contributed by atoms with Gasteiger partial charge in [-0.05, 0) is 56.1 Å². The first-order chi connectivity index (χ1) is 13.1. The molecule has 2 aromatic rings. The number of hydrogen-bond donors (Lipinski definition) is 1. The maximum atomic E-state index is 12.5. The number of hydrogen-bond acceptors (Lipinski definition) is 3. The molecule has 0 aliphatic carbocycles. The number of benzene rings is 2. The number of carbonyl (C=O) groups excluding carboxylic acids is 1. The molecule has 1 N–H and O–H groups in total. The molecule has 144 valence electrons. The van der Waals surface area contributed by atoms with Gasteiger partial charge in [0.1, 0.15) is 6.10 Å². The average Bonchev–Trinajstić information content (AvgIpc) is 3.21. The molecule has 1 saturated heterocycles. The van der Waals surface area contributed by atoms with Gasteiger partial charge < -0.3 is 10.1 Å². The van der Waals surface area contributed by atoms with Gasteiger partial charge in [-0.1, -0.05) is 54.1 Å². The zero-order valence-corrected chi connectivity index (χ0v) is 16.5. The summed E-state index contributed by atoms with van der Waals surface area (Å²) in [5, 5.41) is 3.79. The van der Waals surface area contributed by atoms with E-state index in [2.05, 4.69) is 16.3 Å². The van der Waals surface area contributed by atoms with Crippen molar-refractivity contribution in [3.63, 3.8) is 0 Å². The lowest BCUT2D eigenvalue weighted by Gasteiger charge is -2.29. The lowest BCUT2D eigenvalue weighted by molar-refractivity contribution is -0.132. The quantitative estimate of drug-likeness (QED) is 0.739. The summed E-state index contributed by atoms with van der Waals surface area (Å²) in [6.45, 7) is 4.88. The van der Waals surface area contributed by atoms with Crippen LogP contribution in [0.25, 0.3) is 0 Å². The summed E-state index contributed by atoms with van der Waals surface area (Å²) in [5.41, 5.74) is 2.20. The van der Waals surface area contributed by atoms with Gasteiger partial charge in [-0.2, -0.15) is 0 Å². The first kappa shape index (κ1) is 19.9. The smallest absolute Gasteiger partial charge is 0.248 e. The Hall–Kier alpha value is -1.88. The van der Waals surface area contributed by atoms with Gasteiger partial charge in [0, 0.05) is 11.6 Å². The summed E-state index contributed by atoms with van der Waals surface area (Å²) < 4.78 is 5.73. The molecule has 0 aromatic heterocycles. The van der Waals surface area contributed by atoms with E-state index in [1.54, 1.807) is 6.92 Å². The van der Waals surface area contributed by atoms with Crippen LogP contribution < -0.4 is 5.32 Å². The van der Waals surface area contributed by atoms with E-state index in [0.29, 0.717) is 13.2 Å². The van der Waals surface area contributed by atoms with E-state index in [9.17, 15) is 4.79 Å². The number of halogens is 1. The fraction of sp³-hybridized carbons (Fsp3) is 0.409. The van der Waals surface area contributed by atoms with Gasteiger partial charge in [0.05, 0.1) is 12.6 Å². The van der Waals surface area contributed by atoms with E-state index in [1.165, 1.54) is 12.8 Å². The van der Waals surface area contributed by atoms with Crippen molar-refractivity contribution in [1.82, 2.24) is 10.2 Å². The summed E-state index contributed by atoms with van der Waals surface area (Å²) in [4.78, 5) is 14.9. The summed E-state index contributed by atoms with van der Waals surface area (Å²) in [6.07, 6.45) is 1.90. The van der Waals surface area contributed by atoms with E-state index < -0.39 is 6.10 Å². The van der Waals surface area contributed by atoms with E-state index in [-0.39, 0.29) is 11.9 Å². The molecule has 0 spiro atoms. The van der Waals surface area contributed by atoms with Crippen LogP contribution in [0, 0.1) is 0 Å². The van der Waals surface area contributed by atoms with Gasteiger partial charge in [-0.15, -0.1) is 0 Å². The van der Waals surface area contributed by atoms with Crippen molar-refractivity contribution < 1.29 is 9.53 Å². The number of likely N-dealkylation sites (tertiary alicyclic amines) is 1. The molecule has 1 amide bonds. The third-order valence-electron chi connectivity index (χ3n) is 5.00. The minimum atomic E-state index is -0.496. The van der Waals surface area contributed by atoms with Crippen molar-refractivity contribution in [1.29, 1.82) is 0 Å². The number of amides is 1. The lowest BCUT2D eigenvalue weighted by Crippen LogP contribution is -2.41. The first-order valence-electron chi connectivity index (χ1n) is 9.56. The highest BCUT2D eigenvalue weighted by molar-refractivity contribution is 6.30. The third-order valence-corrected chi connectivity index (χ3v) is 5.23. The Labute approximate surface area is 166 Å². The molecule has 5 heteroatoms. The second-order valence-electron chi connectivity index (χ2n) is 7.00. The third kappa shape index (κ3) is 5.80. The molecular formula is C22H27ClN2O2. The fourth-order valence-electron chi connectivity index (χ4n) is 3.44. The van der Waals surface area contributed by atoms with Gasteiger partial charge in [-0.25, -0.2) is 0 Å². The van der Waals surface area contributed by atoms with Crippen molar-refractivity contribution >= 4 is 17.5 Å². The average molecular weight is 387 g/mol. The van der Waals surface area contributed by atoms with Crippen molar-refractivity contribution in [3.8, 4) is 0 Å². The van der Waals surface area contributed by atoms with Crippen LogP contribution in [0.15, 0.2) is 54.6 Å². The van der Waals surface area contributed by atoms with Crippen molar-refractivity contribution in [2.45, 2.75) is 38.5 Å². The molecule has 1 aliphatic heterocycles. The molecule has 0 saturated carbocycles. The summed E-state index contributed by atoms with van der Waals surface area (Å²) in [5.74, 6) is -0.0860. The molecule has 0 bridgehead atoms. The molecular weight excluding hydrogens is 360 g/mol. The van der Waals surface area contributed by atoms with E-state index in [4.69, 9.17) is 16.3 Å². The second kappa shape index (κ2) is 9.88. The number of nitrogens with one attached hydrogen (secondary N) is 1. The molecule has 4 nitrogen and oxygen atoms in total. The largest absolute Gasteiger partial charge is 0.364 e. The molecule has 27 heavy (non-hydrogen) atoms. The van der Waals surface area contributed by atoms with Crippen LogP contribution in [-0.2, 0) is 16.1 Å². The number of rotatable bonds is 8. The van der Waals surface area contributed by atoms with Gasteiger partial charge in [0.25, 0.3) is 0 Å². The van der Waals surface area contributed by atoms with Crippen LogP contribution in [0.3, 0.4) is 0 Å². The van der Waals surface area contributed by atoms with E-state index in [0.717, 1.165) is 29.2 Å². The molecule has 0 unspecified atom stereocenters. The maximum Gasteiger partial charge on any atom is 0.248 e. The molecule has 2 atom stereocenters. The summed E-state index contributed by atoms with van der Waals surface area (Å²) in [7, 11) is 0. The predicted octanol–water partition coefficient (Wildman–Crippen LogP) is 4.20. The fourth-order valence-corrected chi connectivity index (χ4v) is 3.64. The van der Waals surface area contributed by atoms with Gasteiger partial charge in [-0.3, -0.25) is 9.69 Å². The summed E-state index contributed by atoms with van der Waals surface area (Å²) >= 11 is 6.18. The number of carbonyl (C=O) groups is 1. The maximum absolute atomic E-state index is 12.5. The molecule has 3 rings (SSSR count). The first-order valence-corrected chi connectivity index (χ1v) is 9.94. The standard InChI is InChI=1S/C22H27ClN2O2/c1-17(27-16-18-8-3-2-4-9-18)22(26)24-15-21(25-12-5-6-13-25)19-10-7-11-20(23)14-19/h2-4,7-11,14,17,21H,5-6,12-13,15-16H2,1H3,(H,24,26)/t17-,21+/m1/s1. The van der Waals surface area contributed by atoms with E-state index >= 15 is 0 Å². The van der Waals surface area contributed by atoms with Crippen molar-refractivity contribution in [3.05, 3.63) is 70.7 Å².